The Labute approximate surface area is 115 Å². The van der Waals surface area contributed by atoms with Gasteiger partial charge in [0, 0.05) is 6.42 Å². The van der Waals surface area contributed by atoms with Crippen LogP contribution in [-0.2, 0) is 6.42 Å². The first kappa shape index (κ1) is 14.3. The monoisotopic (exact) mass is 282 g/mol. The number of nitrogen functional groups attached to an aromatic ring is 1. The molecule has 0 spiro atoms. The van der Waals surface area contributed by atoms with Gasteiger partial charge in [-0.25, -0.2) is 0 Å². The van der Waals surface area contributed by atoms with Gasteiger partial charge in [0.25, 0.3) is 0 Å². The summed E-state index contributed by atoms with van der Waals surface area (Å²) in [5, 5.41) is 3.77. The van der Waals surface area contributed by atoms with Crippen LogP contribution in [0.4, 0.5) is 14.6 Å². The lowest BCUT2D eigenvalue weighted by molar-refractivity contribution is -0.0498. The molecule has 0 unspecified atom stereocenters. The molecule has 0 aliphatic carbocycles. The van der Waals surface area contributed by atoms with Crippen molar-refractivity contribution in [1.82, 2.24) is 5.16 Å². The van der Waals surface area contributed by atoms with Crippen LogP contribution in [0.5, 0.6) is 5.75 Å². The van der Waals surface area contributed by atoms with Crippen molar-refractivity contribution in [2.45, 2.75) is 26.9 Å². The van der Waals surface area contributed by atoms with Gasteiger partial charge in [0.05, 0.1) is 5.56 Å². The quantitative estimate of drug-likeness (QED) is 0.907. The lowest BCUT2D eigenvalue weighted by atomic mass is 10.0. The van der Waals surface area contributed by atoms with E-state index in [1.165, 1.54) is 12.1 Å². The van der Waals surface area contributed by atoms with E-state index < -0.39 is 6.61 Å². The van der Waals surface area contributed by atoms with Crippen LogP contribution in [0, 0.1) is 5.92 Å². The fourth-order valence-corrected chi connectivity index (χ4v) is 1.96. The van der Waals surface area contributed by atoms with E-state index in [4.69, 9.17) is 10.3 Å². The number of nitrogens with zero attached hydrogens (tertiary/aromatic N) is 1. The normalized spacial score (nSPS) is 11.3. The van der Waals surface area contributed by atoms with Crippen molar-refractivity contribution >= 4 is 5.82 Å². The number of hydrogen-bond acceptors (Lipinski definition) is 4. The minimum Gasteiger partial charge on any atom is -0.435 e. The third-order valence-electron chi connectivity index (χ3n) is 2.75. The van der Waals surface area contributed by atoms with Crippen LogP contribution in [0.3, 0.4) is 0 Å². The molecular formula is C14H16F2N2O2. The van der Waals surface area contributed by atoms with E-state index in [0.29, 0.717) is 29.5 Å². The Bertz CT molecular complexity index is 565. The van der Waals surface area contributed by atoms with Crippen molar-refractivity contribution in [3.8, 4) is 16.9 Å². The molecule has 0 radical (unpaired) electrons. The number of rotatable bonds is 5. The topological polar surface area (TPSA) is 61.3 Å². The van der Waals surface area contributed by atoms with E-state index in [1.54, 1.807) is 12.1 Å². The van der Waals surface area contributed by atoms with Crippen molar-refractivity contribution in [2.24, 2.45) is 5.92 Å². The molecule has 0 saturated carbocycles. The van der Waals surface area contributed by atoms with Crippen LogP contribution in [0.25, 0.3) is 11.1 Å². The van der Waals surface area contributed by atoms with Crippen molar-refractivity contribution < 1.29 is 18.0 Å². The van der Waals surface area contributed by atoms with Gasteiger partial charge in [0.2, 0.25) is 0 Å². The van der Waals surface area contributed by atoms with Crippen molar-refractivity contribution in [2.75, 3.05) is 5.73 Å². The van der Waals surface area contributed by atoms with Gasteiger partial charge >= 0.3 is 6.61 Å². The van der Waals surface area contributed by atoms with Gasteiger partial charge in [-0.3, -0.25) is 0 Å². The van der Waals surface area contributed by atoms with Crippen LogP contribution < -0.4 is 10.5 Å². The van der Waals surface area contributed by atoms with E-state index >= 15 is 0 Å². The van der Waals surface area contributed by atoms with Crippen LogP contribution in [0.2, 0.25) is 0 Å². The van der Waals surface area contributed by atoms with Gasteiger partial charge < -0.3 is 15.0 Å². The summed E-state index contributed by atoms with van der Waals surface area (Å²) >= 11 is 0. The Morgan fingerprint density at radius 2 is 1.90 bits per heavy atom. The smallest absolute Gasteiger partial charge is 0.387 e. The minimum absolute atomic E-state index is 0.101. The van der Waals surface area contributed by atoms with Gasteiger partial charge in [-0.2, -0.15) is 8.78 Å². The maximum atomic E-state index is 12.1. The number of hydrogen-bond donors (Lipinski definition) is 1. The standard InChI is InChI=1S/C14H16F2N2O2/c1-8(2)7-11-12(13(17)18-20-11)9-3-5-10(6-4-9)19-14(15)16/h3-6,8,14H,7H2,1-2H3,(H2,17,18). The van der Waals surface area contributed by atoms with E-state index in [-0.39, 0.29) is 5.75 Å². The first-order valence-electron chi connectivity index (χ1n) is 6.26. The molecule has 1 aromatic carbocycles. The molecule has 0 aliphatic heterocycles. The highest BCUT2D eigenvalue weighted by Crippen LogP contribution is 2.32. The highest BCUT2D eigenvalue weighted by atomic mass is 19.3. The van der Waals surface area contributed by atoms with Crippen LogP contribution in [0.1, 0.15) is 19.6 Å². The average molecular weight is 282 g/mol. The molecule has 2 aromatic rings. The predicted octanol–water partition coefficient (Wildman–Crippen LogP) is 3.72. The molecule has 0 atom stereocenters. The zero-order chi connectivity index (χ0) is 14.7. The van der Waals surface area contributed by atoms with Crippen LogP contribution >= 0.6 is 0 Å². The Morgan fingerprint density at radius 3 is 2.45 bits per heavy atom. The van der Waals surface area contributed by atoms with E-state index in [1.807, 2.05) is 0 Å². The molecule has 0 aliphatic rings. The molecule has 1 heterocycles. The fraction of sp³-hybridized carbons (Fsp3) is 0.357. The highest BCUT2D eigenvalue weighted by molar-refractivity contribution is 5.75. The molecule has 2 N–H and O–H groups in total. The maximum absolute atomic E-state index is 12.1. The average Bonchev–Trinajstić information content (AvgIpc) is 2.70. The molecular weight excluding hydrogens is 266 g/mol. The van der Waals surface area contributed by atoms with Crippen LogP contribution in [0.15, 0.2) is 28.8 Å². The summed E-state index contributed by atoms with van der Waals surface area (Å²) in [7, 11) is 0. The van der Waals surface area contributed by atoms with Crippen molar-refractivity contribution in [1.29, 1.82) is 0 Å². The number of halogens is 2. The zero-order valence-electron chi connectivity index (χ0n) is 11.3. The zero-order valence-corrected chi connectivity index (χ0v) is 11.3. The Kier molecular flexibility index (Phi) is 4.22. The molecule has 0 fully saturated rings. The van der Waals surface area contributed by atoms with Gasteiger partial charge in [-0.15, -0.1) is 0 Å². The van der Waals surface area contributed by atoms with E-state index in [2.05, 4.69) is 23.7 Å². The van der Waals surface area contributed by atoms with Gasteiger partial charge in [0.1, 0.15) is 11.5 Å². The summed E-state index contributed by atoms with van der Waals surface area (Å²) < 4.78 is 33.7. The first-order chi connectivity index (χ1) is 9.47. The second-order valence-corrected chi connectivity index (χ2v) is 4.87. The third-order valence-corrected chi connectivity index (χ3v) is 2.75. The molecule has 108 valence electrons. The van der Waals surface area contributed by atoms with Crippen molar-refractivity contribution in [3.63, 3.8) is 0 Å². The predicted molar refractivity (Wildman–Crippen MR) is 71.5 cm³/mol. The molecule has 0 bridgehead atoms. The lowest BCUT2D eigenvalue weighted by Crippen LogP contribution is -2.01. The second-order valence-electron chi connectivity index (χ2n) is 4.87. The summed E-state index contributed by atoms with van der Waals surface area (Å²) in [5.41, 5.74) is 7.29. The largest absolute Gasteiger partial charge is 0.435 e. The summed E-state index contributed by atoms with van der Waals surface area (Å²) in [4.78, 5) is 0. The maximum Gasteiger partial charge on any atom is 0.387 e. The van der Waals surface area contributed by atoms with Gasteiger partial charge in [-0.05, 0) is 23.6 Å². The number of anilines is 1. The molecule has 4 nitrogen and oxygen atoms in total. The summed E-state index contributed by atoms with van der Waals surface area (Å²) in [6, 6.07) is 6.25. The molecule has 2 rings (SSSR count). The highest BCUT2D eigenvalue weighted by Gasteiger charge is 2.17. The Balaban J connectivity index is 2.29. The first-order valence-corrected chi connectivity index (χ1v) is 6.26. The summed E-state index contributed by atoms with van der Waals surface area (Å²) in [6.07, 6.45) is 0.703. The third kappa shape index (κ3) is 3.26. The molecule has 6 heteroatoms. The van der Waals surface area contributed by atoms with Crippen molar-refractivity contribution in [3.05, 3.63) is 30.0 Å². The van der Waals surface area contributed by atoms with E-state index in [9.17, 15) is 8.78 Å². The minimum atomic E-state index is -2.84. The van der Waals surface area contributed by atoms with Gasteiger partial charge in [0.15, 0.2) is 5.82 Å². The fourth-order valence-electron chi connectivity index (χ4n) is 1.96. The molecule has 0 amide bonds. The number of aromatic nitrogens is 1. The number of benzene rings is 1. The summed E-state index contributed by atoms with van der Waals surface area (Å²) in [6.45, 7) is 1.28. The molecule has 1 aromatic heterocycles. The van der Waals surface area contributed by atoms with Crippen LogP contribution in [-0.4, -0.2) is 11.8 Å². The van der Waals surface area contributed by atoms with E-state index in [0.717, 1.165) is 5.56 Å². The number of ether oxygens (including phenoxy) is 1. The van der Waals surface area contributed by atoms with Gasteiger partial charge in [-0.1, -0.05) is 31.1 Å². The molecule has 20 heavy (non-hydrogen) atoms. The molecule has 0 saturated heterocycles. The Hall–Kier alpha value is -2.11. The SMILES string of the molecule is CC(C)Cc1onc(N)c1-c1ccc(OC(F)F)cc1. The lowest BCUT2D eigenvalue weighted by Gasteiger charge is -2.07. The summed E-state index contributed by atoms with van der Waals surface area (Å²) in [5.74, 6) is 1.48. The number of alkyl halides is 2. The number of nitrogens with two attached hydrogens (primary N) is 1. The second kappa shape index (κ2) is 5.90. The Morgan fingerprint density at radius 1 is 1.25 bits per heavy atom.